The van der Waals surface area contributed by atoms with Crippen LogP contribution in [-0.4, -0.2) is 31.6 Å². The molecule has 1 saturated heterocycles. The summed E-state index contributed by atoms with van der Waals surface area (Å²) < 4.78 is 17.5. The largest absolute Gasteiger partial charge is 0.462 e. The van der Waals surface area contributed by atoms with Gasteiger partial charge in [0.25, 0.3) is 0 Å². The van der Waals surface area contributed by atoms with E-state index in [2.05, 4.69) is 13.8 Å². The quantitative estimate of drug-likeness (QED) is 0.696. The monoisotopic (exact) mass is 350 g/mol. The Morgan fingerprint density at radius 2 is 1.68 bits per heavy atom. The van der Waals surface area contributed by atoms with Crippen molar-refractivity contribution >= 4 is 5.97 Å². The Bertz CT molecular complexity index is 534. The van der Waals surface area contributed by atoms with Gasteiger partial charge in [-0.1, -0.05) is 13.8 Å². The minimum atomic E-state index is -0.115. The first-order chi connectivity index (χ1) is 11.9. The average molecular weight is 350 g/mol. The Balaban J connectivity index is 1.55. The highest BCUT2D eigenvalue weighted by Gasteiger charge is 2.61. The number of carbonyl (C=O) groups is 1. The standard InChI is InChI=1S/C21H34O4/c1-13(22)24-17-8-6-15-14-5-7-18-21(3,12-10-19(23-4)25-18)16(14)9-11-20(15,17)2/h14-19H,5-12H2,1-4H3/t14-,15+,16-,17+,18-,19-,20+,21-/m1/s1. The summed E-state index contributed by atoms with van der Waals surface area (Å²) in [5, 5.41) is 0. The third kappa shape index (κ3) is 2.66. The third-order valence-corrected chi connectivity index (χ3v) is 8.50. The number of carbonyl (C=O) groups excluding carboxylic acids is 1. The van der Waals surface area contributed by atoms with Crippen LogP contribution in [0.1, 0.15) is 72.1 Å². The van der Waals surface area contributed by atoms with Gasteiger partial charge in [-0.3, -0.25) is 4.79 Å². The number of methoxy groups -OCH3 is 1. The maximum atomic E-state index is 11.5. The maximum absolute atomic E-state index is 11.5. The summed E-state index contributed by atoms with van der Waals surface area (Å²) >= 11 is 0. The van der Waals surface area contributed by atoms with Crippen LogP contribution >= 0.6 is 0 Å². The van der Waals surface area contributed by atoms with E-state index in [4.69, 9.17) is 14.2 Å². The second kappa shape index (κ2) is 6.23. The Morgan fingerprint density at radius 1 is 0.960 bits per heavy atom. The molecule has 4 fully saturated rings. The van der Waals surface area contributed by atoms with Crippen LogP contribution in [0.5, 0.6) is 0 Å². The minimum Gasteiger partial charge on any atom is -0.462 e. The SMILES string of the molecule is CO[C@H]1CC[C@]2(C)[C@@H]3CC[C@]4(C)[C@@H](OC(C)=O)CC[C@H]4[C@H]3CC[C@H]2O1. The van der Waals surface area contributed by atoms with Crippen LogP contribution in [0.4, 0.5) is 0 Å². The van der Waals surface area contributed by atoms with Gasteiger partial charge in [-0.2, -0.15) is 0 Å². The Hall–Kier alpha value is -0.610. The van der Waals surface area contributed by atoms with Gasteiger partial charge in [0, 0.05) is 19.4 Å². The second-order valence-electron chi connectivity index (χ2n) is 9.51. The molecule has 0 spiro atoms. The summed E-state index contributed by atoms with van der Waals surface area (Å²) in [7, 11) is 1.76. The van der Waals surface area contributed by atoms with Gasteiger partial charge in [-0.05, 0) is 74.5 Å². The summed E-state index contributed by atoms with van der Waals surface area (Å²) in [6.07, 6.45) is 9.82. The first kappa shape index (κ1) is 17.8. The molecule has 3 aliphatic carbocycles. The zero-order valence-corrected chi connectivity index (χ0v) is 16.3. The lowest BCUT2D eigenvalue weighted by Crippen LogP contribution is -2.57. The van der Waals surface area contributed by atoms with Gasteiger partial charge in [0.1, 0.15) is 6.10 Å². The molecule has 0 N–H and O–H groups in total. The van der Waals surface area contributed by atoms with E-state index in [1.807, 2.05) is 0 Å². The molecule has 0 radical (unpaired) electrons. The Labute approximate surface area is 152 Å². The first-order valence-corrected chi connectivity index (χ1v) is 10.2. The van der Waals surface area contributed by atoms with Crippen molar-refractivity contribution in [3.63, 3.8) is 0 Å². The van der Waals surface area contributed by atoms with Gasteiger partial charge < -0.3 is 14.2 Å². The molecule has 4 heteroatoms. The van der Waals surface area contributed by atoms with Gasteiger partial charge in [0.05, 0.1) is 6.10 Å². The van der Waals surface area contributed by atoms with Crippen LogP contribution in [-0.2, 0) is 19.0 Å². The van der Waals surface area contributed by atoms with E-state index in [0.29, 0.717) is 17.4 Å². The third-order valence-electron chi connectivity index (χ3n) is 8.50. The topological polar surface area (TPSA) is 44.8 Å². The summed E-state index contributed by atoms with van der Waals surface area (Å²) in [5.74, 6) is 2.10. The molecule has 0 aromatic carbocycles. The van der Waals surface area contributed by atoms with Gasteiger partial charge in [-0.15, -0.1) is 0 Å². The number of hydrogen-bond acceptors (Lipinski definition) is 4. The summed E-state index contributed by atoms with van der Waals surface area (Å²) in [4.78, 5) is 11.5. The predicted molar refractivity (Wildman–Crippen MR) is 94.8 cm³/mol. The number of ether oxygens (including phenoxy) is 3. The number of hydrogen-bond donors (Lipinski definition) is 0. The molecule has 142 valence electrons. The normalized spacial score (nSPS) is 52.0. The molecule has 25 heavy (non-hydrogen) atoms. The van der Waals surface area contributed by atoms with E-state index >= 15 is 0 Å². The fourth-order valence-electron chi connectivity index (χ4n) is 7.19. The van der Waals surface area contributed by atoms with Gasteiger partial charge >= 0.3 is 5.97 Å². The minimum absolute atomic E-state index is 0.0108. The summed E-state index contributed by atoms with van der Waals surface area (Å²) in [5.41, 5.74) is 0.472. The zero-order valence-electron chi connectivity index (χ0n) is 16.3. The molecular formula is C21H34O4. The van der Waals surface area contributed by atoms with Crippen LogP contribution in [0.25, 0.3) is 0 Å². The van der Waals surface area contributed by atoms with Crippen molar-refractivity contribution in [1.29, 1.82) is 0 Å². The molecule has 4 aliphatic rings. The van der Waals surface area contributed by atoms with E-state index in [0.717, 1.165) is 31.1 Å². The van der Waals surface area contributed by atoms with E-state index in [1.165, 1.54) is 32.1 Å². The molecule has 4 rings (SSSR count). The fraction of sp³-hybridized carbons (Fsp3) is 0.952. The smallest absolute Gasteiger partial charge is 0.302 e. The molecule has 1 aliphatic heterocycles. The lowest BCUT2D eigenvalue weighted by atomic mass is 9.48. The van der Waals surface area contributed by atoms with E-state index in [9.17, 15) is 4.79 Å². The van der Waals surface area contributed by atoms with Crippen molar-refractivity contribution in [2.75, 3.05) is 7.11 Å². The Kier molecular flexibility index (Phi) is 4.43. The molecular weight excluding hydrogens is 316 g/mol. The van der Waals surface area contributed by atoms with E-state index in [1.54, 1.807) is 14.0 Å². The number of esters is 1. The fourth-order valence-corrected chi connectivity index (χ4v) is 7.19. The highest BCUT2D eigenvalue weighted by Crippen LogP contribution is 2.65. The van der Waals surface area contributed by atoms with Crippen molar-refractivity contribution in [2.24, 2.45) is 28.6 Å². The van der Waals surface area contributed by atoms with Gasteiger partial charge in [0.15, 0.2) is 6.29 Å². The lowest BCUT2D eigenvalue weighted by molar-refractivity contribution is -0.257. The van der Waals surface area contributed by atoms with E-state index in [-0.39, 0.29) is 23.8 Å². The molecule has 0 aromatic heterocycles. The zero-order chi connectivity index (χ0) is 17.8. The second-order valence-corrected chi connectivity index (χ2v) is 9.51. The number of rotatable bonds is 2. The lowest BCUT2D eigenvalue weighted by Gasteiger charge is -2.60. The van der Waals surface area contributed by atoms with Crippen molar-refractivity contribution in [1.82, 2.24) is 0 Å². The van der Waals surface area contributed by atoms with E-state index < -0.39 is 0 Å². The summed E-state index contributed by atoms with van der Waals surface area (Å²) in [6.45, 7) is 6.42. The molecule has 8 atom stereocenters. The summed E-state index contributed by atoms with van der Waals surface area (Å²) in [6, 6.07) is 0. The number of fused-ring (bicyclic) bond motifs is 5. The molecule has 1 heterocycles. The van der Waals surface area contributed by atoms with Crippen molar-refractivity contribution in [3.8, 4) is 0 Å². The Morgan fingerprint density at radius 3 is 2.40 bits per heavy atom. The van der Waals surface area contributed by atoms with Crippen LogP contribution in [0.15, 0.2) is 0 Å². The van der Waals surface area contributed by atoms with Gasteiger partial charge in [-0.25, -0.2) is 0 Å². The molecule has 0 bridgehead atoms. The van der Waals surface area contributed by atoms with Crippen LogP contribution < -0.4 is 0 Å². The highest BCUT2D eigenvalue weighted by molar-refractivity contribution is 5.66. The van der Waals surface area contributed by atoms with Crippen molar-refractivity contribution in [3.05, 3.63) is 0 Å². The average Bonchev–Trinajstić information content (AvgIpc) is 2.90. The molecule has 4 nitrogen and oxygen atoms in total. The van der Waals surface area contributed by atoms with Crippen LogP contribution in [0.3, 0.4) is 0 Å². The van der Waals surface area contributed by atoms with Crippen molar-refractivity contribution < 1.29 is 19.0 Å². The van der Waals surface area contributed by atoms with Crippen LogP contribution in [0, 0.1) is 28.6 Å². The highest BCUT2D eigenvalue weighted by atomic mass is 16.7. The van der Waals surface area contributed by atoms with Gasteiger partial charge in [0.2, 0.25) is 0 Å². The molecule has 0 aromatic rings. The first-order valence-electron chi connectivity index (χ1n) is 10.2. The maximum Gasteiger partial charge on any atom is 0.302 e. The molecule has 3 saturated carbocycles. The van der Waals surface area contributed by atoms with Crippen LogP contribution in [0.2, 0.25) is 0 Å². The predicted octanol–water partition coefficient (Wildman–Crippen LogP) is 4.31. The van der Waals surface area contributed by atoms with Crippen molar-refractivity contribution in [2.45, 2.75) is 90.6 Å². The molecule has 0 unspecified atom stereocenters. The molecule has 0 amide bonds.